The fourth-order valence-corrected chi connectivity index (χ4v) is 6.31. The van der Waals surface area contributed by atoms with E-state index < -0.39 is 66.0 Å². The molecule has 3 fully saturated rings. The lowest BCUT2D eigenvalue weighted by Gasteiger charge is -2.20. The Labute approximate surface area is 225 Å². The first-order valence-corrected chi connectivity index (χ1v) is 13.8. The molecule has 19 nitrogen and oxygen atoms in total. The van der Waals surface area contributed by atoms with Crippen LogP contribution in [0.25, 0.3) is 22.3 Å². The van der Waals surface area contributed by atoms with Gasteiger partial charge in [0.05, 0.1) is 12.7 Å². The van der Waals surface area contributed by atoms with Crippen LogP contribution in [0.5, 0.6) is 0 Å². The summed E-state index contributed by atoms with van der Waals surface area (Å²) < 4.78 is 50.7. The van der Waals surface area contributed by atoms with Crippen LogP contribution in [0.3, 0.4) is 0 Å². The lowest BCUT2D eigenvalue weighted by atomic mass is 10.1. The average molecular weight is 595 g/mol. The molecule has 21 heteroatoms. The van der Waals surface area contributed by atoms with Crippen LogP contribution in [0, 0.1) is 0 Å². The molecule has 2 bridgehead atoms. The highest BCUT2D eigenvalue weighted by molar-refractivity contribution is 7.33. The Morgan fingerprint density at radius 3 is 2.67 bits per heavy atom. The van der Waals surface area contributed by atoms with Gasteiger partial charge in [0.25, 0.3) is 5.56 Å². The van der Waals surface area contributed by atoms with E-state index in [0.717, 1.165) is 0 Å². The Balaban J connectivity index is 1.12. The number of aromatic amines is 1. The van der Waals surface area contributed by atoms with Crippen LogP contribution in [0.1, 0.15) is 18.9 Å². The van der Waals surface area contributed by atoms with E-state index in [4.69, 9.17) is 39.0 Å². The van der Waals surface area contributed by atoms with Gasteiger partial charge in [0, 0.05) is 11.0 Å². The number of hydrogen-bond donors (Lipinski definition) is 4. The zero-order chi connectivity index (χ0) is 27.5. The van der Waals surface area contributed by atoms with Gasteiger partial charge >= 0.3 is 8.25 Å². The summed E-state index contributed by atoms with van der Waals surface area (Å²) in [6.07, 6.45) is -2.43. The smallest absolute Gasteiger partial charge is 0.386 e. The van der Waals surface area contributed by atoms with Crippen LogP contribution in [0.2, 0.25) is 0 Å². The van der Waals surface area contributed by atoms with E-state index in [1.807, 2.05) is 0 Å². The molecular weight excluding hydrogens is 574 g/mol. The van der Waals surface area contributed by atoms with Gasteiger partial charge < -0.3 is 35.1 Å². The van der Waals surface area contributed by atoms with E-state index >= 15 is 0 Å². The van der Waals surface area contributed by atoms with Gasteiger partial charge in [-0.1, -0.05) is 0 Å². The second-order valence-electron chi connectivity index (χ2n) is 9.05. The van der Waals surface area contributed by atoms with Gasteiger partial charge in [-0.3, -0.25) is 18.9 Å². The Morgan fingerprint density at radius 2 is 1.82 bits per heavy atom. The number of nitrogens with one attached hydrogen (secondary N) is 1. The van der Waals surface area contributed by atoms with Crippen LogP contribution < -0.4 is 17.0 Å². The lowest BCUT2D eigenvalue weighted by Crippen LogP contribution is -2.35. The lowest BCUT2D eigenvalue weighted by molar-refractivity contribution is -0.104. The highest BCUT2D eigenvalue weighted by atomic mass is 31.1. The quantitative estimate of drug-likeness (QED) is 0.215. The zero-order valence-corrected chi connectivity index (χ0v) is 22.0. The molecule has 210 valence electrons. The molecule has 0 radical (unpaired) electrons. The Hall–Kier alpha value is -3.25. The maximum Gasteiger partial charge on any atom is 0.697 e. The normalized spacial score (nSPS) is 32.8. The van der Waals surface area contributed by atoms with Crippen LogP contribution in [0.4, 0.5) is 11.8 Å². The summed E-state index contributed by atoms with van der Waals surface area (Å²) in [5, 5.41) is 11.1. The number of rotatable bonds is 2. The molecule has 0 saturated carbocycles. The van der Waals surface area contributed by atoms with Crippen molar-refractivity contribution in [3.05, 3.63) is 29.3 Å². The van der Waals surface area contributed by atoms with Gasteiger partial charge in [-0.15, -0.1) is 9.05 Å². The molecule has 7 heterocycles. The van der Waals surface area contributed by atoms with E-state index in [0.29, 0.717) is 11.2 Å². The van der Waals surface area contributed by atoms with Crippen molar-refractivity contribution in [2.75, 3.05) is 18.1 Å². The summed E-state index contributed by atoms with van der Waals surface area (Å²) >= 11 is 0. The second-order valence-corrected chi connectivity index (χ2v) is 10.6. The summed E-state index contributed by atoms with van der Waals surface area (Å²) in [5.41, 5.74) is 11.9. The van der Waals surface area contributed by atoms with Crippen molar-refractivity contribution in [3.8, 4) is 0 Å². The molecule has 3 saturated heterocycles. The van der Waals surface area contributed by atoms with Crippen molar-refractivity contribution in [1.82, 2.24) is 39.0 Å². The SMILES string of the molecule is Nc1nc2c(ncn2C2O[C@H]3C[C@@H]2O[P+](=O)OCC2OC(n4cnc5c(N)ncnc54)C(O)C2OPO3)c(=O)[nH]1. The molecule has 3 aliphatic heterocycles. The van der Waals surface area contributed by atoms with Crippen molar-refractivity contribution < 1.29 is 37.2 Å². The van der Waals surface area contributed by atoms with Gasteiger partial charge in [-0.25, -0.2) is 19.9 Å². The molecule has 7 unspecified atom stereocenters. The van der Waals surface area contributed by atoms with Gasteiger partial charge in [-0.2, -0.15) is 4.98 Å². The third kappa shape index (κ3) is 4.32. The van der Waals surface area contributed by atoms with E-state index in [2.05, 4.69) is 29.9 Å². The number of imidazole rings is 2. The summed E-state index contributed by atoms with van der Waals surface area (Å²) in [5.74, 6) is 0.0649. The van der Waals surface area contributed by atoms with E-state index in [1.54, 1.807) is 0 Å². The van der Waals surface area contributed by atoms with Crippen LogP contribution in [0.15, 0.2) is 23.8 Å². The van der Waals surface area contributed by atoms with Crippen molar-refractivity contribution in [1.29, 1.82) is 0 Å². The van der Waals surface area contributed by atoms with Gasteiger partial charge in [0.15, 0.2) is 56.5 Å². The number of nitrogens with two attached hydrogens (primary N) is 2. The summed E-state index contributed by atoms with van der Waals surface area (Å²) in [7, 11) is -3.28. The maximum atomic E-state index is 12.9. The number of anilines is 2. The number of hydrogen-bond acceptors (Lipinski definition) is 16. The zero-order valence-electron chi connectivity index (χ0n) is 20.1. The predicted molar refractivity (Wildman–Crippen MR) is 133 cm³/mol. The number of H-pyrrole nitrogens is 1. The van der Waals surface area contributed by atoms with E-state index in [9.17, 15) is 14.5 Å². The van der Waals surface area contributed by atoms with E-state index in [1.165, 1.54) is 28.1 Å². The fourth-order valence-electron chi connectivity index (χ4n) is 4.85. The highest BCUT2D eigenvalue weighted by Crippen LogP contribution is 2.44. The molecule has 4 aromatic heterocycles. The standard InChI is InChI=1S/C19H20N10O9P2/c20-13-9-14(23-3-22-13)28(4-24-9)18-11(30)12-7(34-18)2-33-40(32)38-6-1-8(36-39-37-12)35-17(6)29-5-25-10-15(29)26-19(21)27-16(10)31/h3-8,11-12,17-18,30,39H,1-2H2,(H4-,20,21,22,23,26,27,31)/p+1/t6-,7?,8+,11?,12?,17?,18?/m0/s1. The molecule has 4 aromatic rings. The summed E-state index contributed by atoms with van der Waals surface area (Å²) in [6.45, 7) is -0.245. The molecule has 9 atom stereocenters. The minimum absolute atomic E-state index is 0.0398. The van der Waals surface area contributed by atoms with Crippen molar-refractivity contribution in [3.63, 3.8) is 0 Å². The first-order chi connectivity index (χ1) is 19.4. The van der Waals surface area contributed by atoms with Crippen LogP contribution in [-0.4, -0.2) is 81.5 Å². The molecule has 6 N–H and O–H groups in total. The monoisotopic (exact) mass is 595 g/mol. The number of fused-ring (bicyclic) bond motifs is 5. The first kappa shape index (κ1) is 25.7. The number of nitrogens with zero attached hydrogens (tertiary/aromatic N) is 7. The number of aromatic nitrogens is 8. The minimum Gasteiger partial charge on any atom is -0.386 e. The Morgan fingerprint density at radius 1 is 1.02 bits per heavy atom. The molecule has 3 aliphatic rings. The highest BCUT2D eigenvalue weighted by Gasteiger charge is 2.50. The van der Waals surface area contributed by atoms with Gasteiger partial charge in [0.1, 0.15) is 36.8 Å². The molecule has 0 spiro atoms. The number of aliphatic hydroxyl groups excluding tert-OH is 1. The number of ether oxygens (including phenoxy) is 2. The molecule has 7 rings (SSSR count). The fraction of sp³-hybridized carbons (Fsp3) is 0.474. The Bertz CT molecular complexity index is 1660. The first-order valence-electron chi connectivity index (χ1n) is 11.8. The summed E-state index contributed by atoms with van der Waals surface area (Å²) in [6, 6.07) is 0. The molecule has 0 amide bonds. The third-order valence-electron chi connectivity index (χ3n) is 6.66. The summed E-state index contributed by atoms with van der Waals surface area (Å²) in [4.78, 5) is 35.1. The Kier molecular flexibility index (Phi) is 6.42. The second kappa shape index (κ2) is 9.99. The van der Waals surface area contributed by atoms with Crippen molar-refractivity contribution in [2.24, 2.45) is 0 Å². The molecule has 0 aliphatic carbocycles. The largest absolute Gasteiger partial charge is 0.697 e. The van der Waals surface area contributed by atoms with Gasteiger partial charge in [0.2, 0.25) is 5.95 Å². The molecule has 40 heavy (non-hydrogen) atoms. The van der Waals surface area contributed by atoms with Crippen molar-refractivity contribution in [2.45, 2.75) is 49.6 Å². The van der Waals surface area contributed by atoms with Crippen molar-refractivity contribution >= 4 is 51.4 Å². The maximum absolute atomic E-state index is 12.9. The minimum atomic E-state index is -2.69. The number of nitrogen functional groups attached to an aromatic ring is 2. The molecule has 0 aromatic carbocycles. The van der Waals surface area contributed by atoms with E-state index in [-0.39, 0.29) is 36.0 Å². The van der Waals surface area contributed by atoms with Crippen LogP contribution >= 0.6 is 17.3 Å². The number of aliphatic hydroxyl groups is 1. The average Bonchev–Trinajstić information content (AvgIpc) is 3.68. The third-order valence-corrected chi connectivity index (χ3v) is 8.19. The molecular formula is C19H21N10O9P2+. The van der Waals surface area contributed by atoms with Crippen LogP contribution in [-0.2, 0) is 32.1 Å². The van der Waals surface area contributed by atoms with Gasteiger partial charge in [-0.05, 0) is 0 Å². The topological polar surface area (TPSA) is 252 Å². The predicted octanol–water partition coefficient (Wildman–Crippen LogP) is -0.390.